The van der Waals surface area contributed by atoms with Crippen LogP contribution in [0, 0.1) is 6.92 Å². The summed E-state index contributed by atoms with van der Waals surface area (Å²) < 4.78 is 7.71. The van der Waals surface area contributed by atoms with E-state index in [9.17, 15) is 4.79 Å². The van der Waals surface area contributed by atoms with Crippen molar-refractivity contribution < 1.29 is 9.53 Å². The van der Waals surface area contributed by atoms with E-state index in [1.165, 1.54) is 0 Å². The summed E-state index contributed by atoms with van der Waals surface area (Å²) in [6.07, 6.45) is 0. The lowest BCUT2D eigenvalue weighted by molar-refractivity contribution is 0.0948. The number of benzene rings is 1. The monoisotopic (exact) mass is 380 g/mol. The Morgan fingerprint density at radius 3 is 2.70 bits per heavy atom. The predicted molar refractivity (Wildman–Crippen MR) is 93.1 cm³/mol. The Bertz CT molecular complexity index is 640. The van der Waals surface area contributed by atoms with E-state index in [0.29, 0.717) is 25.4 Å². The van der Waals surface area contributed by atoms with E-state index in [2.05, 4.69) is 31.7 Å². The van der Waals surface area contributed by atoms with Gasteiger partial charge in [0.2, 0.25) is 0 Å². The van der Waals surface area contributed by atoms with Crippen molar-refractivity contribution in [3.63, 3.8) is 0 Å². The van der Waals surface area contributed by atoms with Crippen LogP contribution >= 0.6 is 15.9 Å². The third kappa shape index (κ3) is 5.16. The average molecular weight is 381 g/mol. The van der Waals surface area contributed by atoms with Crippen LogP contribution in [0.5, 0.6) is 0 Å². The van der Waals surface area contributed by atoms with Crippen LogP contribution in [0.1, 0.15) is 16.2 Å². The van der Waals surface area contributed by atoms with Crippen molar-refractivity contribution in [3.8, 4) is 5.69 Å². The van der Waals surface area contributed by atoms with Crippen molar-refractivity contribution >= 4 is 21.8 Å². The number of ether oxygens (including phenoxy) is 1. The molecule has 0 atom stereocenters. The third-order valence-corrected chi connectivity index (χ3v) is 3.79. The molecule has 2 aromatic rings. The summed E-state index contributed by atoms with van der Waals surface area (Å²) in [5, 5.41) is 10.4. The highest BCUT2D eigenvalue weighted by Gasteiger charge is 2.12. The van der Waals surface area contributed by atoms with E-state index in [0.717, 1.165) is 22.4 Å². The average Bonchev–Trinajstić information content (AvgIpc) is 2.93. The number of halogens is 1. The number of aromatic nitrogens is 2. The van der Waals surface area contributed by atoms with Gasteiger partial charge >= 0.3 is 0 Å². The van der Waals surface area contributed by atoms with Crippen LogP contribution in [-0.2, 0) is 4.74 Å². The van der Waals surface area contributed by atoms with Gasteiger partial charge in [-0.1, -0.05) is 15.9 Å². The first kappa shape index (κ1) is 17.7. The van der Waals surface area contributed by atoms with Gasteiger partial charge in [-0.15, -0.1) is 0 Å². The number of amides is 1. The molecule has 2 N–H and O–H groups in total. The molecule has 2 rings (SSSR count). The topological polar surface area (TPSA) is 68.2 Å². The maximum absolute atomic E-state index is 12.1. The molecule has 0 saturated carbocycles. The lowest BCUT2D eigenvalue weighted by Gasteiger charge is -2.05. The van der Waals surface area contributed by atoms with E-state index in [1.54, 1.807) is 17.9 Å². The Morgan fingerprint density at radius 2 is 2.00 bits per heavy atom. The van der Waals surface area contributed by atoms with Crippen LogP contribution in [0.3, 0.4) is 0 Å². The van der Waals surface area contributed by atoms with Crippen LogP contribution in [0.25, 0.3) is 5.69 Å². The minimum absolute atomic E-state index is 0.169. The molecule has 1 amide bonds. The third-order valence-electron chi connectivity index (χ3n) is 3.26. The second-order valence-electron chi connectivity index (χ2n) is 5.06. The van der Waals surface area contributed by atoms with Gasteiger partial charge in [0, 0.05) is 36.9 Å². The molecule has 0 radical (unpaired) electrons. The molecule has 0 saturated heterocycles. The van der Waals surface area contributed by atoms with Gasteiger partial charge in [-0.25, -0.2) is 4.68 Å². The van der Waals surface area contributed by atoms with Crippen LogP contribution in [0.15, 0.2) is 34.8 Å². The second kappa shape index (κ2) is 8.81. The van der Waals surface area contributed by atoms with Crippen LogP contribution < -0.4 is 10.6 Å². The van der Waals surface area contributed by atoms with E-state index >= 15 is 0 Å². The molecule has 23 heavy (non-hydrogen) atoms. The lowest BCUT2D eigenvalue weighted by atomic mass is 10.3. The maximum Gasteiger partial charge on any atom is 0.271 e. The summed E-state index contributed by atoms with van der Waals surface area (Å²) in [6.45, 7) is 4.60. The van der Waals surface area contributed by atoms with Gasteiger partial charge in [-0.05, 0) is 37.3 Å². The van der Waals surface area contributed by atoms with E-state index < -0.39 is 0 Å². The maximum atomic E-state index is 12.1. The first-order chi connectivity index (χ1) is 11.1. The summed E-state index contributed by atoms with van der Waals surface area (Å²) in [7, 11) is 1.66. The standard InChI is InChI=1S/C16H21BrN4O2/c1-12-11-15(16(22)19-8-7-18-9-10-23-2)20-21(12)14-5-3-13(17)4-6-14/h3-6,11,18H,7-10H2,1-2H3,(H,19,22). The molecule has 124 valence electrons. The molecular formula is C16H21BrN4O2. The number of nitrogens with one attached hydrogen (secondary N) is 2. The Morgan fingerprint density at radius 1 is 1.26 bits per heavy atom. The molecule has 1 aromatic heterocycles. The molecule has 0 unspecified atom stereocenters. The zero-order valence-electron chi connectivity index (χ0n) is 13.3. The van der Waals surface area contributed by atoms with Gasteiger partial charge in [-0.3, -0.25) is 4.79 Å². The molecule has 0 spiro atoms. The summed E-state index contributed by atoms with van der Waals surface area (Å²) in [5.41, 5.74) is 2.25. The van der Waals surface area contributed by atoms with Crippen LogP contribution in [0.2, 0.25) is 0 Å². The number of hydrogen-bond donors (Lipinski definition) is 2. The molecule has 0 fully saturated rings. The van der Waals surface area contributed by atoms with E-state index in [-0.39, 0.29) is 5.91 Å². The second-order valence-corrected chi connectivity index (χ2v) is 5.97. The molecule has 0 aliphatic rings. The molecule has 7 heteroatoms. The highest BCUT2D eigenvalue weighted by molar-refractivity contribution is 9.10. The number of rotatable bonds is 8. The van der Waals surface area contributed by atoms with Gasteiger partial charge in [0.1, 0.15) is 0 Å². The molecule has 1 heterocycles. The summed E-state index contributed by atoms with van der Waals surface area (Å²) >= 11 is 3.41. The van der Waals surface area contributed by atoms with Crippen molar-refractivity contribution in [2.45, 2.75) is 6.92 Å². The molecule has 6 nitrogen and oxygen atoms in total. The highest BCUT2D eigenvalue weighted by atomic mass is 79.9. The van der Waals surface area contributed by atoms with Crippen molar-refractivity contribution in [3.05, 3.63) is 46.2 Å². The smallest absolute Gasteiger partial charge is 0.271 e. The van der Waals surface area contributed by atoms with Crippen molar-refractivity contribution in [2.24, 2.45) is 0 Å². The number of carbonyl (C=O) groups excluding carboxylic acids is 1. The zero-order chi connectivity index (χ0) is 16.7. The molecule has 0 aliphatic carbocycles. The van der Waals surface area contributed by atoms with Crippen molar-refractivity contribution in [1.29, 1.82) is 0 Å². The van der Waals surface area contributed by atoms with Gasteiger partial charge in [0.15, 0.2) is 5.69 Å². The first-order valence-corrected chi connectivity index (χ1v) is 8.21. The van der Waals surface area contributed by atoms with Crippen molar-refractivity contribution in [1.82, 2.24) is 20.4 Å². The van der Waals surface area contributed by atoms with Crippen molar-refractivity contribution in [2.75, 3.05) is 33.4 Å². The number of nitrogens with zero attached hydrogens (tertiary/aromatic N) is 2. The molecule has 0 bridgehead atoms. The highest BCUT2D eigenvalue weighted by Crippen LogP contribution is 2.16. The Balaban J connectivity index is 1.92. The number of methoxy groups -OCH3 is 1. The minimum atomic E-state index is -0.169. The predicted octanol–water partition coefficient (Wildman–Crippen LogP) is 1.91. The fourth-order valence-corrected chi connectivity index (χ4v) is 2.35. The van der Waals surface area contributed by atoms with Gasteiger partial charge in [0.25, 0.3) is 5.91 Å². The van der Waals surface area contributed by atoms with Gasteiger partial charge in [-0.2, -0.15) is 5.10 Å². The van der Waals surface area contributed by atoms with Gasteiger partial charge in [0.05, 0.1) is 12.3 Å². The van der Waals surface area contributed by atoms with E-state index in [1.807, 2.05) is 31.2 Å². The SMILES string of the molecule is COCCNCCNC(=O)c1cc(C)n(-c2ccc(Br)cc2)n1. The van der Waals surface area contributed by atoms with E-state index in [4.69, 9.17) is 4.74 Å². The Labute approximate surface area is 144 Å². The Hall–Kier alpha value is -1.70. The number of hydrogen-bond acceptors (Lipinski definition) is 4. The fourth-order valence-electron chi connectivity index (χ4n) is 2.08. The van der Waals surface area contributed by atoms with Crippen LogP contribution in [-0.4, -0.2) is 49.0 Å². The summed E-state index contributed by atoms with van der Waals surface area (Å²) in [6, 6.07) is 9.58. The van der Waals surface area contributed by atoms with Gasteiger partial charge < -0.3 is 15.4 Å². The summed E-state index contributed by atoms with van der Waals surface area (Å²) in [4.78, 5) is 12.1. The minimum Gasteiger partial charge on any atom is -0.383 e. The number of carbonyl (C=O) groups is 1. The summed E-state index contributed by atoms with van der Waals surface area (Å²) in [5.74, 6) is -0.169. The largest absolute Gasteiger partial charge is 0.383 e. The molecule has 1 aromatic carbocycles. The zero-order valence-corrected chi connectivity index (χ0v) is 14.9. The first-order valence-electron chi connectivity index (χ1n) is 7.42. The molecular weight excluding hydrogens is 360 g/mol. The Kier molecular flexibility index (Phi) is 6.76. The lowest BCUT2D eigenvalue weighted by Crippen LogP contribution is -2.33. The molecule has 0 aliphatic heterocycles. The fraction of sp³-hybridized carbons (Fsp3) is 0.375. The normalized spacial score (nSPS) is 10.7. The van der Waals surface area contributed by atoms with Crippen LogP contribution in [0.4, 0.5) is 0 Å². The quantitative estimate of drug-likeness (QED) is 0.686. The number of aryl methyl sites for hydroxylation is 1.